The summed E-state index contributed by atoms with van der Waals surface area (Å²) >= 11 is 1.58. The van der Waals surface area contributed by atoms with Crippen LogP contribution in [0.15, 0.2) is 41.8 Å². The number of aryl methyl sites for hydroxylation is 1. The summed E-state index contributed by atoms with van der Waals surface area (Å²) in [5.41, 5.74) is 0.910. The standard InChI is InChI=1S/C18H19NO5S/c1-2-23-18(22)13-5-7-14(8-6-13)19-16(20)12-24-17(21)10-9-15-4-3-11-25-15/h3-8,11H,2,9-10,12H2,1H3,(H,19,20). The Bertz CT molecular complexity index is 710. The second kappa shape index (κ2) is 9.58. The smallest absolute Gasteiger partial charge is 0.338 e. The third kappa shape index (κ3) is 6.39. The Kier molecular flexibility index (Phi) is 7.16. The SMILES string of the molecule is CCOC(=O)c1ccc(NC(=O)COC(=O)CCc2cccs2)cc1. The Morgan fingerprint density at radius 1 is 1.08 bits per heavy atom. The van der Waals surface area contributed by atoms with E-state index >= 15 is 0 Å². The first-order valence-electron chi connectivity index (χ1n) is 7.83. The van der Waals surface area contributed by atoms with Crippen LogP contribution in [-0.4, -0.2) is 31.1 Å². The lowest BCUT2D eigenvalue weighted by molar-refractivity contribution is -0.147. The number of rotatable bonds is 8. The van der Waals surface area contributed by atoms with E-state index in [2.05, 4.69) is 5.32 Å². The minimum absolute atomic E-state index is 0.238. The van der Waals surface area contributed by atoms with Gasteiger partial charge in [0.1, 0.15) is 0 Å². The van der Waals surface area contributed by atoms with Crippen LogP contribution < -0.4 is 5.32 Å². The van der Waals surface area contributed by atoms with E-state index in [4.69, 9.17) is 9.47 Å². The predicted octanol–water partition coefficient (Wildman–Crippen LogP) is 3.04. The van der Waals surface area contributed by atoms with Crippen LogP contribution in [0, 0.1) is 0 Å². The van der Waals surface area contributed by atoms with Gasteiger partial charge in [-0.3, -0.25) is 9.59 Å². The van der Waals surface area contributed by atoms with Gasteiger partial charge < -0.3 is 14.8 Å². The molecule has 1 aromatic carbocycles. The lowest BCUT2D eigenvalue weighted by atomic mass is 10.2. The van der Waals surface area contributed by atoms with Crippen molar-refractivity contribution < 1.29 is 23.9 Å². The highest BCUT2D eigenvalue weighted by molar-refractivity contribution is 7.09. The van der Waals surface area contributed by atoms with Crippen LogP contribution in [0.2, 0.25) is 0 Å². The molecule has 0 saturated carbocycles. The van der Waals surface area contributed by atoms with Crippen molar-refractivity contribution in [1.29, 1.82) is 0 Å². The summed E-state index contributed by atoms with van der Waals surface area (Å²) in [7, 11) is 0. The van der Waals surface area contributed by atoms with Crippen molar-refractivity contribution in [2.24, 2.45) is 0 Å². The van der Waals surface area contributed by atoms with Crippen LogP contribution in [0.1, 0.15) is 28.6 Å². The third-order valence-electron chi connectivity index (χ3n) is 3.20. The van der Waals surface area contributed by atoms with E-state index in [9.17, 15) is 14.4 Å². The van der Waals surface area contributed by atoms with Gasteiger partial charge in [-0.15, -0.1) is 11.3 Å². The Morgan fingerprint density at radius 2 is 1.84 bits per heavy atom. The molecule has 0 radical (unpaired) electrons. The minimum Gasteiger partial charge on any atom is -0.462 e. The molecule has 0 aliphatic heterocycles. The zero-order chi connectivity index (χ0) is 18.1. The van der Waals surface area contributed by atoms with Gasteiger partial charge in [-0.25, -0.2) is 4.79 Å². The van der Waals surface area contributed by atoms with E-state index in [1.165, 1.54) is 0 Å². The first kappa shape index (κ1) is 18.7. The summed E-state index contributed by atoms with van der Waals surface area (Å²) in [5, 5.41) is 4.54. The first-order valence-corrected chi connectivity index (χ1v) is 8.71. The topological polar surface area (TPSA) is 81.7 Å². The van der Waals surface area contributed by atoms with Crippen molar-refractivity contribution in [3.63, 3.8) is 0 Å². The fourth-order valence-corrected chi connectivity index (χ4v) is 2.71. The summed E-state index contributed by atoms with van der Waals surface area (Å²) in [6, 6.07) is 10.2. The molecular formula is C18H19NO5S. The number of benzene rings is 1. The number of ether oxygens (including phenoxy) is 2. The largest absolute Gasteiger partial charge is 0.462 e. The van der Waals surface area contributed by atoms with Gasteiger partial charge >= 0.3 is 11.9 Å². The molecule has 132 valence electrons. The maximum Gasteiger partial charge on any atom is 0.338 e. The predicted molar refractivity (Wildman–Crippen MR) is 94.6 cm³/mol. The molecule has 0 bridgehead atoms. The molecule has 6 nitrogen and oxygen atoms in total. The summed E-state index contributed by atoms with van der Waals surface area (Å²) in [5.74, 6) is -1.27. The number of nitrogens with one attached hydrogen (secondary N) is 1. The van der Waals surface area contributed by atoms with E-state index in [0.29, 0.717) is 24.3 Å². The van der Waals surface area contributed by atoms with Gasteiger partial charge in [-0.05, 0) is 49.1 Å². The van der Waals surface area contributed by atoms with Crippen molar-refractivity contribution in [2.75, 3.05) is 18.5 Å². The highest BCUT2D eigenvalue weighted by Crippen LogP contribution is 2.12. The van der Waals surface area contributed by atoms with Crippen molar-refractivity contribution >= 4 is 34.9 Å². The van der Waals surface area contributed by atoms with Gasteiger partial charge in [0.2, 0.25) is 0 Å². The number of hydrogen-bond donors (Lipinski definition) is 1. The number of anilines is 1. The molecule has 1 heterocycles. The molecule has 2 rings (SSSR count). The molecule has 0 atom stereocenters. The van der Waals surface area contributed by atoms with Gasteiger partial charge in [-0.2, -0.15) is 0 Å². The Labute approximate surface area is 149 Å². The monoisotopic (exact) mass is 361 g/mol. The Balaban J connectivity index is 1.72. The van der Waals surface area contributed by atoms with Crippen LogP contribution in [0.4, 0.5) is 5.69 Å². The number of hydrogen-bond acceptors (Lipinski definition) is 6. The summed E-state index contributed by atoms with van der Waals surface area (Å²) < 4.78 is 9.83. The zero-order valence-electron chi connectivity index (χ0n) is 13.8. The van der Waals surface area contributed by atoms with Crippen molar-refractivity contribution in [1.82, 2.24) is 0 Å². The highest BCUT2D eigenvalue weighted by Gasteiger charge is 2.10. The van der Waals surface area contributed by atoms with Crippen molar-refractivity contribution in [3.8, 4) is 0 Å². The maximum absolute atomic E-state index is 11.8. The molecule has 0 aliphatic rings. The molecule has 1 N–H and O–H groups in total. The van der Waals surface area contributed by atoms with Gasteiger partial charge in [0.25, 0.3) is 5.91 Å². The van der Waals surface area contributed by atoms with E-state index in [1.54, 1.807) is 42.5 Å². The third-order valence-corrected chi connectivity index (χ3v) is 4.14. The van der Waals surface area contributed by atoms with Crippen molar-refractivity contribution in [2.45, 2.75) is 19.8 Å². The fraction of sp³-hybridized carbons (Fsp3) is 0.278. The molecule has 0 aliphatic carbocycles. The van der Waals surface area contributed by atoms with E-state index in [1.807, 2.05) is 17.5 Å². The van der Waals surface area contributed by atoms with Gasteiger partial charge in [-0.1, -0.05) is 6.07 Å². The number of thiophene rings is 1. The van der Waals surface area contributed by atoms with E-state index in [-0.39, 0.29) is 13.0 Å². The number of carbonyl (C=O) groups excluding carboxylic acids is 3. The zero-order valence-corrected chi connectivity index (χ0v) is 14.6. The van der Waals surface area contributed by atoms with Crippen LogP contribution in [-0.2, 0) is 25.5 Å². The molecule has 7 heteroatoms. The van der Waals surface area contributed by atoms with E-state index in [0.717, 1.165) is 4.88 Å². The molecule has 2 aromatic rings. The quantitative estimate of drug-likeness (QED) is 0.731. The normalized spacial score (nSPS) is 10.1. The van der Waals surface area contributed by atoms with Crippen LogP contribution in [0.5, 0.6) is 0 Å². The Hall–Kier alpha value is -2.67. The summed E-state index contributed by atoms with van der Waals surface area (Å²) in [6.45, 7) is 1.69. The molecule has 1 amide bonds. The fourth-order valence-electron chi connectivity index (χ4n) is 2.00. The molecule has 0 fully saturated rings. The average molecular weight is 361 g/mol. The van der Waals surface area contributed by atoms with Gasteiger partial charge in [0.05, 0.1) is 18.6 Å². The lowest BCUT2D eigenvalue weighted by Crippen LogP contribution is -2.21. The molecule has 0 spiro atoms. The molecule has 25 heavy (non-hydrogen) atoms. The second-order valence-corrected chi connectivity index (χ2v) is 6.12. The minimum atomic E-state index is -0.437. The number of amides is 1. The molecular weight excluding hydrogens is 342 g/mol. The summed E-state index contributed by atoms with van der Waals surface area (Å²) in [4.78, 5) is 36.1. The van der Waals surface area contributed by atoms with E-state index < -0.39 is 17.8 Å². The van der Waals surface area contributed by atoms with Gasteiger partial charge in [0, 0.05) is 10.6 Å². The summed E-state index contributed by atoms with van der Waals surface area (Å²) in [6.07, 6.45) is 0.843. The van der Waals surface area contributed by atoms with Crippen LogP contribution in [0.3, 0.4) is 0 Å². The Morgan fingerprint density at radius 3 is 2.48 bits per heavy atom. The van der Waals surface area contributed by atoms with Crippen molar-refractivity contribution in [3.05, 3.63) is 52.2 Å². The molecule has 0 saturated heterocycles. The molecule has 1 aromatic heterocycles. The second-order valence-electron chi connectivity index (χ2n) is 5.09. The maximum atomic E-state index is 11.8. The van der Waals surface area contributed by atoms with Crippen LogP contribution in [0.25, 0.3) is 0 Å². The lowest BCUT2D eigenvalue weighted by Gasteiger charge is -2.07. The van der Waals surface area contributed by atoms with Crippen LogP contribution >= 0.6 is 11.3 Å². The highest BCUT2D eigenvalue weighted by atomic mass is 32.1. The first-order chi connectivity index (χ1) is 12.1. The van der Waals surface area contributed by atoms with Gasteiger partial charge in [0.15, 0.2) is 6.61 Å². The number of esters is 2. The molecule has 0 unspecified atom stereocenters. The average Bonchev–Trinajstić information content (AvgIpc) is 3.12. The number of carbonyl (C=O) groups is 3.